The van der Waals surface area contributed by atoms with Gasteiger partial charge >= 0.3 is 0 Å². The van der Waals surface area contributed by atoms with E-state index in [0.717, 1.165) is 0 Å². The Morgan fingerprint density at radius 2 is 1.78 bits per heavy atom. The van der Waals surface area contributed by atoms with Crippen LogP contribution in [0.15, 0.2) is 18.2 Å². The van der Waals surface area contributed by atoms with Crippen LogP contribution in [-0.4, -0.2) is 28.3 Å². The third-order valence-corrected chi connectivity index (χ3v) is 3.70. The number of benzene rings is 1. The molecule has 0 aliphatic rings. The fourth-order valence-corrected chi connectivity index (χ4v) is 2.54. The molecule has 0 saturated heterocycles. The molecule has 5 heteroatoms. The van der Waals surface area contributed by atoms with Gasteiger partial charge in [0.15, 0.2) is 0 Å². The molecule has 1 rings (SSSR count). The first-order valence-corrected chi connectivity index (χ1v) is 8.05. The lowest BCUT2D eigenvalue weighted by Gasteiger charge is -2.29. The van der Waals surface area contributed by atoms with Crippen molar-refractivity contribution in [2.75, 3.05) is 6.54 Å². The maximum atomic E-state index is 12.8. The summed E-state index contributed by atoms with van der Waals surface area (Å²) in [6.07, 6.45) is 0. The molecule has 0 aliphatic heterocycles. The summed E-state index contributed by atoms with van der Waals surface area (Å²) in [4.78, 5) is 25.5. The topological polar surface area (TPSA) is 63.5 Å². The highest BCUT2D eigenvalue weighted by Crippen LogP contribution is 2.32. The molecule has 0 heterocycles. The Balaban J connectivity index is 3.30. The van der Waals surface area contributed by atoms with E-state index >= 15 is 0 Å². The van der Waals surface area contributed by atoms with Crippen molar-refractivity contribution in [2.24, 2.45) is 5.92 Å². The molecule has 0 atom stereocenters. The highest BCUT2D eigenvalue weighted by Gasteiger charge is 2.28. The van der Waals surface area contributed by atoms with Crippen LogP contribution in [0.2, 0.25) is 0 Å². The second-order valence-corrected chi connectivity index (χ2v) is 7.68. The minimum Gasteiger partial charge on any atom is -0.336 e. The third kappa shape index (κ3) is 4.78. The van der Waals surface area contributed by atoms with E-state index in [-0.39, 0.29) is 23.1 Å². The van der Waals surface area contributed by atoms with Crippen molar-refractivity contribution >= 4 is 11.6 Å². The maximum Gasteiger partial charge on any atom is 0.273 e. The second-order valence-electron chi connectivity index (χ2n) is 7.68. The molecule has 0 N–H and O–H groups in total. The summed E-state index contributed by atoms with van der Waals surface area (Å²) < 4.78 is 0. The molecule has 0 aromatic heterocycles. The van der Waals surface area contributed by atoms with Crippen LogP contribution in [0.4, 0.5) is 5.69 Å². The lowest BCUT2D eigenvalue weighted by Crippen LogP contribution is -2.39. The zero-order valence-electron chi connectivity index (χ0n) is 15.2. The standard InChI is InChI=1S/C18H28N2O3/c1-12(2)11-19(13(3)4)17(21)14-8-9-15(18(5,6)7)16(10-14)20(22)23/h8-10,12-13H,11H2,1-7H3. The van der Waals surface area contributed by atoms with Crippen LogP contribution >= 0.6 is 0 Å². The molecule has 128 valence electrons. The molecule has 0 spiro atoms. The van der Waals surface area contributed by atoms with Gasteiger partial charge in [-0.05, 0) is 31.2 Å². The van der Waals surface area contributed by atoms with Gasteiger partial charge in [0.2, 0.25) is 0 Å². The Morgan fingerprint density at radius 1 is 1.22 bits per heavy atom. The molecule has 0 unspecified atom stereocenters. The molecule has 1 aromatic rings. The maximum absolute atomic E-state index is 12.8. The number of carbonyl (C=O) groups excluding carboxylic acids is 1. The summed E-state index contributed by atoms with van der Waals surface area (Å²) in [7, 11) is 0. The van der Waals surface area contributed by atoms with Crippen LogP contribution in [-0.2, 0) is 5.41 Å². The van der Waals surface area contributed by atoms with Crippen LogP contribution in [0.5, 0.6) is 0 Å². The Morgan fingerprint density at radius 3 is 2.17 bits per heavy atom. The lowest BCUT2D eigenvalue weighted by atomic mass is 9.85. The summed E-state index contributed by atoms with van der Waals surface area (Å²) in [6, 6.07) is 4.87. The summed E-state index contributed by atoms with van der Waals surface area (Å²) in [5.74, 6) is 0.183. The first-order valence-electron chi connectivity index (χ1n) is 8.05. The zero-order chi connectivity index (χ0) is 17.9. The largest absolute Gasteiger partial charge is 0.336 e. The number of nitro groups is 1. The van der Waals surface area contributed by atoms with Gasteiger partial charge < -0.3 is 4.90 Å². The Labute approximate surface area is 138 Å². The zero-order valence-corrected chi connectivity index (χ0v) is 15.2. The van der Waals surface area contributed by atoms with E-state index in [1.165, 1.54) is 6.07 Å². The minimum atomic E-state index is -0.403. The fourth-order valence-electron chi connectivity index (χ4n) is 2.54. The average Bonchev–Trinajstić information content (AvgIpc) is 2.41. The van der Waals surface area contributed by atoms with Gasteiger partial charge in [0, 0.05) is 29.8 Å². The fraction of sp³-hybridized carbons (Fsp3) is 0.611. The highest BCUT2D eigenvalue weighted by atomic mass is 16.6. The van der Waals surface area contributed by atoms with Crippen molar-refractivity contribution in [3.8, 4) is 0 Å². The van der Waals surface area contributed by atoms with E-state index in [1.54, 1.807) is 17.0 Å². The number of nitro benzene ring substituents is 1. The Hall–Kier alpha value is -1.91. The van der Waals surface area contributed by atoms with E-state index in [9.17, 15) is 14.9 Å². The lowest BCUT2D eigenvalue weighted by molar-refractivity contribution is -0.386. The van der Waals surface area contributed by atoms with E-state index in [0.29, 0.717) is 23.6 Å². The quantitative estimate of drug-likeness (QED) is 0.596. The van der Waals surface area contributed by atoms with Crippen molar-refractivity contribution in [1.82, 2.24) is 4.90 Å². The molecule has 1 aromatic carbocycles. The third-order valence-electron chi connectivity index (χ3n) is 3.70. The van der Waals surface area contributed by atoms with Crippen molar-refractivity contribution in [3.05, 3.63) is 39.4 Å². The monoisotopic (exact) mass is 320 g/mol. The molecular formula is C18H28N2O3. The number of rotatable bonds is 5. The SMILES string of the molecule is CC(C)CN(C(=O)c1ccc(C(C)(C)C)c([N+](=O)[O-])c1)C(C)C. The van der Waals surface area contributed by atoms with Gasteiger partial charge in [0.1, 0.15) is 0 Å². The summed E-state index contributed by atoms with van der Waals surface area (Å²) in [6.45, 7) is 14.4. The first-order chi connectivity index (χ1) is 10.4. The van der Waals surface area contributed by atoms with E-state index in [4.69, 9.17) is 0 Å². The summed E-state index contributed by atoms with van der Waals surface area (Å²) >= 11 is 0. The van der Waals surface area contributed by atoms with Gasteiger partial charge in [0.25, 0.3) is 11.6 Å². The van der Waals surface area contributed by atoms with E-state index in [1.807, 2.05) is 48.5 Å². The molecular weight excluding hydrogens is 292 g/mol. The summed E-state index contributed by atoms with van der Waals surface area (Å²) in [5, 5.41) is 11.4. The van der Waals surface area contributed by atoms with Crippen molar-refractivity contribution in [1.29, 1.82) is 0 Å². The molecule has 23 heavy (non-hydrogen) atoms. The van der Waals surface area contributed by atoms with Crippen LogP contribution < -0.4 is 0 Å². The second kappa shape index (κ2) is 7.11. The molecule has 0 aliphatic carbocycles. The number of amides is 1. The van der Waals surface area contributed by atoms with E-state index < -0.39 is 4.92 Å². The molecule has 1 amide bonds. The van der Waals surface area contributed by atoms with Crippen LogP contribution in [0.25, 0.3) is 0 Å². The van der Waals surface area contributed by atoms with Crippen LogP contribution in [0, 0.1) is 16.0 Å². The molecule has 0 fully saturated rings. The van der Waals surface area contributed by atoms with Gasteiger partial charge in [-0.15, -0.1) is 0 Å². The Kier molecular flexibility index (Phi) is 5.92. The number of carbonyl (C=O) groups is 1. The Bertz CT molecular complexity index is 586. The number of hydrogen-bond donors (Lipinski definition) is 0. The molecule has 0 bridgehead atoms. The average molecular weight is 320 g/mol. The minimum absolute atomic E-state index is 0.0107. The van der Waals surface area contributed by atoms with Gasteiger partial charge in [-0.25, -0.2) is 0 Å². The normalized spacial score (nSPS) is 11.9. The smallest absolute Gasteiger partial charge is 0.273 e. The molecule has 5 nitrogen and oxygen atoms in total. The predicted molar refractivity (Wildman–Crippen MR) is 92.8 cm³/mol. The number of hydrogen-bond acceptors (Lipinski definition) is 3. The van der Waals surface area contributed by atoms with Crippen molar-refractivity contribution < 1.29 is 9.72 Å². The van der Waals surface area contributed by atoms with Gasteiger partial charge in [-0.1, -0.05) is 40.7 Å². The predicted octanol–water partition coefficient (Wildman–Crippen LogP) is 4.40. The van der Waals surface area contributed by atoms with Crippen LogP contribution in [0.1, 0.15) is 64.4 Å². The van der Waals surface area contributed by atoms with Gasteiger partial charge in [-0.2, -0.15) is 0 Å². The number of nitrogens with zero attached hydrogens (tertiary/aromatic N) is 2. The van der Waals surface area contributed by atoms with Gasteiger partial charge in [0.05, 0.1) is 4.92 Å². The first kappa shape index (κ1) is 19.1. The highest BCUT2D eigenvalue weighted by molar-refractivity contribution is 5.95. The molecule has 0 radical (unpaired) electrons. The van der Waals surface area contributed by atoms with Crippen LogP contribution in [0.3, 0.4) is 0 Å². The van der Waals surface area contributed by atoms with E-state index in [2.05, 4.69) is 0 Å². The summed E-state index contributed by atoms with van der Waals surface area (Å²) in [5.41, 5.74) is 0.675. The molecule has 0 saturated carbocycles. The van der Waals surface area contributed by atoms with Crippen molar-refractivity contribution in [2.45, 2.75) is 59.9 Å². The van der Waals surface area contributed by atoms with Crippen molar-refractivity contribution in [3.63, 3.8) is 0 Å². The van der Waals surface area contributed by atoms with Gasteiger partial charge in [-0.3, -0.25) is 14.9 Å².